The lowest BCUT2D eigenvalue weighted by atomic mass is 10.2. The Balaban J connectivity index is 2.57. The molecule has 0 aliphatic carbocycles. The van der Waals surface area contributed by atoms with Crippen molar-refractivity contribution in [1.82, 2.24) is 4.57 Å². The lowest BCUT2D eigenvalue weighted by Crippen LogP contribution is -2.22. The number of aromatic nitrogens is 1. The molecule has 0 aliphatic rings. The van der Waals surface area contributed by atoms with E-state index >= 15 is 0 Å². The van der Waals surface area contributed by atoms with Crippen molar-refractivity contribution in [1.29, 1.82) is 0 Å². The Morgan fingerprint density at radius 3 is 2.53 bits per heavy atom. The maximum Gasteiger partial charge on any atom is 0.269 e. The van der Waals surface area contributed by atoms with Crippen LogP contribution in [0, 0.1) is 5.82 Å². The van der Waals surface area contributed by atoms with Gasteiger partial charge in [-0.05, 0) is 37.3 Å². The van der Waals surface area contributed by atoms with E-state index in [0.717, 1.165) is 0 Å². The van der Waals surface area contributed by atoms with Gasteiger partial charge >= 0.3 is 0 Å². The zero-order chi connectivity index (χ0) is 13.8. The standard InChI is InChI=1S/C14H12FNO3/c1-2-19-13-7-8-16(14(18)12(13)9-17)11-5-3-10(15)4-6-11/h3-9H,2H2,1H3. The number of nitrogens with zero attached hydrogens (tertiary/aromatic N) is 1. The molecule has 1 aromatic carbocycles. The molecule has 98 valence electrons. The van der Waals surface area contributed by atoms with E-state index in [4.69, 9.17) is 4.74 Å². The molecule has 0 saturated heterocycles. The quantitative estimate of drug-likeness (QED) is 0.793. The highest BCUT2D eigenvalue weighted by Crippen LogP contribution is 2.14. The first-order valence-corrected chi connectivity index (χ1v) is 5.77. The van der Waals surface area contributed by atoms with Crippen LogP contribution in [0.2, 0.25) is 0 Å². The van der Waals surface area contributed by atoms with Crippen molar-refractivity contribution in [2.75, 3.05) is 6.61 Å². The van der Waals surface area contributed by atoms with Gasteiger partial charge in [-0.1, -0.05) is 0 Å². The molecule has 1 aromatic heterocycles. The second-order valence-corrected chi connectivity index (χ2v) is 3.80. The van der Waals surface area contributed by atoms with Crippen LogP contribution in [0.4, 0.5) is 4.39 Å². The summed E-state index contributed by atoms with van der Waals surface area (Å²) in [6.07, 6.45) is 1.96. The predicted octanol–water partition coefficient (Wildman–Crippen LogP) is 2.19. The Morgan fingerprint density at radius 2 is 1.95 bits per heavy atom. The SMILES string of the molecule is CCOc1ccn(-c2ccc(F)cc2)c(=O)c1C=O. The second kappa shape index (κ2) is 5.48. The molecule has 0 N–H and O–H groups in total. The molecule has 1 heterocycles. The number of carbonyl (C=O) groups excluding carboxylic acids is 1. The van der Waals surface area contributed by atoms with Gasteiger partial charge in [-0.25, -0.2) is 4.39 Å². The average Bonchev–Trinajstić information content (AvgIpc) is 2.41. The number of ether oxygens (including phenoxy) is 1. The molecule has 5 heteroatoms. The smallest absolute Gasteiger partial charge is 0.269 e. The van der Waals surface area contributed by atoms with Gasteiger partial charge in [0, 0.05) is 11.9 Å². The fraction of sp³-hybridized carbons (Fsp3) is 0.143. The summed E-state index contributed by atoms with van der Waals surface area (Å²) in [6, 6.07) is 6.97. The first-order chi connectivity index (χ1) is 9.17. The molecule has 0 saturated carbocycles. The number of rotatable bonds is 4. The van der Waals surface area contributed by atoms with Gasteiger partial charge in [-0.3, -0.25) is 14.2 Å². The van der Waals surface area contributed by atoms with Crippen molar-refractivity contribution in [2.24, 2.45) is 0 Å². The first kappa shape index (κ1) is 13.0. The van der Waals surface area contributed by atoms with Gasteiger partial charge in [0.15, 0.2) is 6.29 Å². The van der Waals surface area contributed by atoms with Crippen molar-refractivity contribution in [2.45, 2.75) is 6.92 Å². The fourth-order valence-corrected chi connectivity index (χ4v) is 1.73. The Bertz CT molecular complexity index is 647. The molecule has 0 bridgehead atoms. The molecule has 2 rings (SSSR count). The molecular weight excluding hydrogens is 249 g/mol. The van der Waals surface area contributed by atoms with Gasteiger partial charge in [0.2, 0.25) is 0 Å². The minimum Gasteiger partial charge on any atom is -0.493 e. The number of hydrogen-bond donors (Lipinski definition) is 0. The molecule has 0 spiro atoms. The first-order valence-electron chi connectivity index (χ1n) is 5.77. The Morgan fingerprint density at radius 1 is 1.26 bits per heavy atom. The van der Waals surface area contributed by atoms with Crippen molar-refractivity contribution in [3.8, 4) is 11.4 Å². The highest BCUT2D eigenvalue weighted by Gasteiger charge is 2.11. The Labute approximate surface area is 109 Å². The van der Waals surface area contributed by atoms with E-state index in [2.05, 4.69) is 0 Å². The van der Waals surface area contributed by atoms with E-state index in [-0.39, 0.29) is 11.3 Å². The van der Waals surface area contributed by atoms with E-state index in [0.29, 0.717) is 18.6 Å². The Hall–Kier alpha value is -2.43. The van der Waals surface area contributed by atoms with Crippen LogP contribution < -0.4 is 10.3 Å². The van der Waals surface area contributed by atoms with Crippen LogP contribution in [-0.4, -0.2) is 17.5 Å². The summed E-state index contributed by atoms with van der Waals surface area (Å²) in [5, 5.41) is 0. The third kappa shape index (κ3) is 2.54. The van der Waals surface area contributed by atoms with E-state index in [9.17, 15) is 14.0 Å². The lowest BCUT2D eigenvalue weighted by molar-refractivity contribution is 0.111. The summed E-state index contributed by atoms with van der Waals surface area (Å²) in [4.78, 5) is 23.1. The molecule has 0 radical (unpaired) electrons. The summed E-state index contributed by atoms with van der Waals surface area (Å²) in [6.45, 7) is 2.13. The minimum absolute atomic E-state index is 0.0475. The highest BCUT2D eigenvalue weighted by atomic mass is 19.1. The topological polar surface area (TPSA) is 48.3 Å². The Kier molecular flexibility index (Phi) is 3.75. The summed E-state index contributed by atoms with van der Waals surface area (Å²) in [7, 11) is 0. The molecule has 0 amide bonds. The van der Waals surface area contributed by atoms with E-state index in [1.807, 2.05) is 0 Å². The molecule has 0 atom stereocenters. The van der Waals surface area contributed by atoms with Gasteiger partial charge in [0.25, 0.3) is 5.56 Å². The zero-order valence-electron chi connectivity index (χ0n) is 10.3. The van der Waals surface area contributed by atoms with Crippen molar-refractivity contribution < 1.29 is 13.9 Å². The zero-order valence-corrected chi connectivity index (χ0v) is 10.3. The molecule has 4 nitrogen and oxygen atoms in total. The van der Waals surface area contributed by atoms with E-state index in [1.165, 1.54) is 41.1 Å². The average molecular weight is 261 g/mol. The maximum absolute atomic E-state index is 12.8. The third-order valence-electron chi connectivity index (χ3n) is 2.61. The van der Waals surface area contributed by atoms with Crippen LogP contribution in [0.1, 0.15) is 17.3 Å². The molecule has 0 fully saturated rings. The largest absolute Gasteiger partial charge is 0.493 e. The van der Waals surface area contributed by atoms with Crippen LogP contribution in [0.3, 0.4) is 0 Å². The fourth-order valence-electron chi connectivity index (χ4n) is 1.73. The molecule has 19 heavy (non-hydrogen) atoms. The van der Waals surface area contributed by atoms with Gasteiger partial charge < -0.3 is 4.74 Å². The third-order valence-corrected chi connectivity index (χ3v) is 2.61. The van der Waals surface area contributed by atoms with Gasteiger partial charge in [-0.2, -0.15) is 0 Å². The summed E-state index contributed by atoms with van der Waals surface area (Å²) in [5.41, 5.74) is -0.0567. The van der Waals surface area contributed by atoms with E-state index in [1.54, 1.807) is 6.92 Å². The van der Waals surface area contributed by atoms with Crippen molar-refractivity contribution in [3.05, 3.63) is 58.3 Å². The monoisotopic (exact) mass is 261 g/mol. The lowest BCUT2D eigenvalue weighted by Gasteiger charge is -2.10. The number of pyridine rings is 1. The van der Waals surface area contributed by atoms with Gasteiger partial charge in [0.05, 0.1) is 6.61 Å². The van der Waals surface area contributed by atoms with Crippen LogP contribution in [0.5, 0.6) is 5.75 Å². The van der Waals surface area contributed by atoms with Crippen LogP contribution >= 0.6 is 0 Å². The number of aldehydes is 1. The maximum atomic E-state index is 12.8. The molecular formula is C14H12FNO3. The highest BCUT2D eigenvalue weighted by molar-refractivity contribution is 5.78. The number of benzene rings is 1. The van der Waals surface area contributed by atoms with Crippen LogP contribution in [-0.2, 0) is 0 Å². The van der Waals surface area contributed by atoms with Gasteiger partial charge in [-0.15, -0.1) is 0 Å². The predicted molar refractivity (Wildman–Crippen MR) is 68.6 cm³/mol. The van der Waals surface area contributed by atoms with Gasteiger partial charge in [0.1, 0.15) is 17.1 Å². The number of carbonyl (C=O) groups is 1. The minimum atomic E-state index is -0.493. The van der Waals surface area contributed by atoms with Crippen LogP contribution in [0.15, 0.2) is 41.3 Å². The molecule has 0 unspecified atom stereocenters. The van der Waals surface area contributed by atoms with Crippen molar-refractivity contribution >= 4 is 6.29 Å². The molecule has 0 aliphatic heterocycles. The molecule has 2 aromatic rings. The summed E-state index contributed by atoms with van der Waals surface area (Å²) < 4.78 is 19.3. The number of halogens is 1. The summed E-state index contributed by atoms with van der Waals surface area (Å²) in [5.74, 6) is -0.140. The van der Waals surface area contributed by atoms with Crippen molar-refractivity contribution in [3.63, 3.8) is 0 Å². The summed E-state index contributed by atoms with van der Waals surface area (Å²) >= 11 is 0. The normalized spacial score (nSPS) is 10.2. The van der Waals surface area contributed by atoms with Crippen LogP contribution in [0.25, 0.3) is 5.69 Å². The second-order valence-electron chi connectivity index (χ2n) is 3.80. The number of hydrogen-bond acceptors (Lipinski definition) is 3. The van der Waals surface area contributed by atoms with E-state index < -0.39 is 11.4 Å².